The maximum absolute atomic E-state index is 4.13. The minimum atomic E-state index is 0.786. The third-order valence-electron chi connectivity index (χ3n) is 1.18. The molecular weight excluding hydrogens is 126 g/mol. The van der Waals surface area contributed by atoms with Gasteiger partial charge in [-0.25, -0.2) is 9.98 Å². The molecular formula is C7H11N3. The van der Waals surface area contributed by atoms with E-state index >= 15 is 0 Å². The lowest BCUT2D eigenvalue weighted by atomic mass is 10.5. The molecule has 0 saturated carbocycles. The number of hydrogen-bond acceptors (Lipinski definition) is 3. The zero-order valence-electron chi connectivity index (χ0n) is 6.47. The smallest absolute Gasteiger partial charge is 0.151 e. The Morgan fingerprint density at radius 3 is 2.10 bits per heavy atom. The third kappa shape index (κ3) is 1.43. The van der Waals surface area contributed by atoms with Crippen molar-refractivity contribution in [3.05, 3.63) is 11.9 Å². The Balaban J connectivity index is 2.87. The maximum atomic E-state index is 4.13. The Hall–Kier alpha value is -1.12. The third-order valence-corrected chi connectivity index (χ3v) is 1.18. The minimum absolute atomic E-state index is 0.786. The maximum Gasteiger partial charge on any atom is 0.151 e. The Bertz CT molecular complexity index is 203. The fourth-order valence-corrected chi connectivity index (χ4v) is 0.815. The van der Waals surface area contributed by atoms with Gasteiger partial charge in [-0.2, -0.15) is 0 Å². The van der Waals surface area contributed by atoms with Crippen molar-refractivity contribution >= 4 is 11.7 Å². The lowest BCUT2D eigenvalue weighted by Gasteiger charge is -2.10. The van der Waals surface area contributed by atoms with Crippen LogP contribution in [0.1, 0.15) is 20.8 Å². The first kappa shape index (κ1) is 6.99. The van der Waals surface area contributed by atoms with Crippen LogP contribution in [0.2, 0.25) is 0 Å². The lowest BCUT2D eigenvalue weighted by molar-refractivity contribution is 1.10. The first-order valence-corrected chi connectivity index (χ1v) is 3.26. The van der Waals surface area contributed by atoms with E-state index in [1.54, 1.807) is 0 Å². The average molecular weight is 137 g/mol. The molecule has 3 heteroatoms. The van der Waals surface area contributed by atoms with Crippen LogP contribution in [0.3, 0.4) is 0 Å². The summed E-state index contributed by atoms with van der Waals surface area (Å²) in [4.78, 5) is 8.26. The number of amidine groups is 2. The Morgan fingerprint density at radius 1 is 1.20 bits per heavy atom. The second kappa shape index (κ2) is 2.64. The quantitative estimate of drug-likeness (QED) is 0.536. The van der Waals surface area contributed by atoms with Crippen LogP contribution in [0.5, 0.6) is 0 Å². The van der Waals surface area contributed by atoms with Crippen LogP contribution < -0.4 is 5.32 Å². The van der Waals surface area contributed by atoms with Gasteiger partial charge >= 0.3 is 0 Å². The number of hydrogen-bond donors (Lipinski definition) is 1. The summed E-state index contributed by atoms with van der Waals surface area (Å²) in [6, 6.07) is 0. The number of allylic oxidation sites excluding steroid dienone is 1. The summed E-state index contributed by atoms with van der Waals surface area (Å²) in [5.41, 5.74) is 0. The summed E-state index contributed by atoms with van der Waals surface area (Å²) in [7, 11) is 0. The molecule has 54 valence electrons. The molecule has 0 aliphatic carbocycles. The molecule has 0 aromatic heterocycles. The van der Waals surface area contributed by atoms with E-state index in [0.29, 0.717) is 0 Å². The van der Waals surface area contributed by atoms with Gasteiger partial charge in [0.2, 0.25) is 0 Å². The van der Waals surface area contributed by atoms with Crippen molar-refractivity contribution in [3.8, 4) is 0 Å². The highest BCUT2D eigenvalue weighted by Gasteiger charge is 2.01. The van der Waals surface area contributed by atoms with E-state index in [0.717, 1.165) is 17.5 Å². The first-order valence-electron chi connectivity index (χ1n) is 3.26. The van der Waals surface area contributed by atoms with Gasteiger partial charge in [-0.1, -0.05) is 0 Å². The first-order chi connectivity index (χ1) is 4.72. The molecule has 0 spiro atoms. The van der Waals surface area contributed by atoms with Gasteiger partial charge in [0.1, 0.15) is 11.7 Å². The van der Waals surface area contributed by atoms with E-state index in [2.05, 4.69) is 15.3 Å². The number of aliphatic imine (C=N–C) groups is 2. The molecule has 1 aliphatic rings. The highest BCUT2D eigenvalue weighted by Crippen LogP contribution is 2.02. The minimum Gasteiger partial charge on any atom is -0.332 e. The Labute approximate surface area is 60.6 Å². The SMILES string of the molecule is CC=C1N=C(C)NC(C)=N1. The summed E-state index contributed by atoms with van der Waals surface area (Å²) in [6.07, 6.45) is 1.88. The molecule has 0 atom stereocenters. The van der Waals surface area contributed by atoms with E-state index in [-0.39, 0.29) is 0 Å². The van der Waals surface area contributed by atoms with Crippen LogP contribution in [-0.4, -0.2) is 11.7 Å². The predicted octanol–water partition coefficient (Wildman–Crippen LogP) is 1.29. The lowest BCUT2D eigenvalue weighted by Crippen LogP contribution is -2.28. The molecule has 0 bridgehead atoms. The van der Waals surface area contributed by atoms with Crippen LogP contribution in [0, 0.1) is 0 Å². The van der Waals surface area contributed by atoms with Crippen molar-refractivity contribution in [1.82, 2.24) is 5.32 Å². The molecule has 0 saturated heterocycles. The molecule has 1 rings (SSSR count). The molecule has 0 aromatic rings. The summed E-state index contributed by atoms with van der Waals surface area (Å²) >= 11 is 0. The second-order valence-electron chi connectivity index (χ2n) is 2.17. The van der Waals surface area contributed by atoms with Crippen LogP contribution >= 0.6 is 0 Å². The monoisotopic (exact) mass is 137 g/mol. The number of nitrogens with zero attached hydrogens (tertiary/aromatic N) is 2. The highest BCUT2D eigenvalue weighted by molar-refractivity contribution is 6.00. The zero-order chi connectivity index (χ0) is 7.56. The standard InChI is InChI=1S/C7H11N3/c1-4-7-9-5(2)8-6(3)10-7/h4H,1-3H3,(H,8,9,10). The van der Waals surface area contributed by atoms with Crippen LogP contribution in [0.4, 0.5) is 0 Å². The molecule has 1 heterocycles. The van der Waals surface area contributed by atoms with E-state index < -0.39 is 0 Å². The summed E-state index contributed by atoms with van der Waals surface area (Å²) in [5, 5.41) is 3.00. The van der Waals surface area contributed by atoms with Gasteiger partial charge < -0.3 is 5.32 Å². The normalized spacial score (nSPS) is 17.3. The fourth-order valence-electron chi connectivity index (χ4n) is 0.815. The van der Waals surface area contributed by atoms with Crippen molar-refractivity contribution in [3.63, 3.8) is 0 Å². The Kier molecular flexibility index (Phi) is 1.85. The predicted molar refractivity (Wildman–Crippen MR) is 43.1 cm³/mol. The highest BCUT2D eigenvalue weighted by atomic mass is 15.2. The van der Waals surface area contributed by atoms with Gasteiger partial charge in [0.05, 0.1) is 0 Å². The topological polar surface area (TPSA) is 36.8 Å². The molecule has 3 nitrogen and oxygen atoms in total. The molecule has 0 fully saturated rings. The van der Waals surface area contributed by atoms with Crippen LogP contribution in [0.15, 0.2) is 21.9 Å². The Morgan fingerprint density at radius 2 is 1.70 bits per heavy atom. The number of nitrogens with one attached hydrogen (secondary N) is 1. The molecule has 1 N–H and O–H groups in total. The van der Waals surface area contributed by atoms with E-state index in [9.17, 15) is 0 Å². The molecule has 0 amide bonds. The summed E-state index contributed by atoms with van der Waals surface area (Å²) < 4.78 is 0. The number of rotatable bonds is 0. The fraction of sp³-hybridized carbons (Fsp3) is 0.429. The molecule has 0 aromatic carbocycles. The van der Waals surface area contributed by atoms with E-state index in [1.807, 2.05) is 26.8 Å². The van der Waals surface area contributed by atoms with Crippen molar-refractivity contribution < 1.29 is 0 Å². The molecule has 0 unspecified atom stereocenters. The van der Waals surface area contributed by atoms with Crippen molar-refractivity contribution in [2.24, 2.45) is 9.98 Å². The zero-order valence-corrected chi connectivity index (χ0v) is 6.47. The van der Waals surface area contributed by atoms with Gasteiger partial charge in [-0.3, -0.25) is 0 Å². The summed E-state index contributed by atoms with van der Waals surface area (Å²) in [6.45, 7) is 5.76. The van der Waals surface area contributed by atoms with Crippen molar-refractivity contribution in [1.29, 1.82) is 0 Å². The van der Waals surface area contributed by atoms with Gasteiger partial charge in [0.25, 0.3) is 0 Å². The molecule has 10 heavy (non-hydrogen) atoms. The molecule has 1 aliphatic heterocycles. The van der Waals surface area contributed by atoms with Gasteiger partial charge in [-0.05, 0) is 26.8 Å². The van der Waals surface area contributed by atoms with Crippen LogP contribution in [0.25, 0.3) is 0 Å². The van der Waals surface area contributed by atoms with Crippen molar-refractivity contribution in [2.45, 2.75) is 20.8 Å². The van der Waals surface area contributed by atoms with Gasteiger partial charge in [-0.15, -0.1) is 0 Å². The van der Waals surface area contributed by atoms with Crippen molar-refractivity contribution in [2.75, 3.05) is 0 Å². The average Bonchev–Trinajstić information content (AvgIpc) is 1.85. The van der Waals surface area contributed by atoms with Gasteiger partial charge in [0.15, 0.2) is 5.82 Å². The second-order valence-corrected chi connectivity index (χ2v) is 2.17. The van der Waals surface area contributed by atoms with Crippen LogP contribution in [-0.2, 0) is 0 Å². The van der Waals surface area contributed by atoms with E-state index in [4.69, 9.17) is 0 Å². The summed E-state index contributed by atoms with van der Waals surface area (Å²) in [5.74, 6) is 2.59. The molecule has 0 radical (unpaired) electrons. The van der Waals surface area contributed by atoms with E-state index in [1.165, 1.54) is 0 Å². The largest absolute Gasteiger partial charge is 0.332 e. The van der Waals surface area contributed by atoms with Gasteiger partial charge in [0, 0.05) is 0 Å².